The Morgan fingerprint density at radius 3 is 2.68 bits per heavy atom. The maximum absolute atomic E-state index is 13.1. The number of hydrogen-bond donors (Lipinski definition) is 1. The molecule has 1 fully saturated rings. The summed E-state index contributed by atoms with van der Waals surface area (Å²) in [5.74, 6) is -1.40. The highest BCUT2D eigenvalue weighted by Crippen LogP contribution is 2.35. The Bertz CT molecular complexity index is 1010. The normalized spacial score (nSPS) is 21.0. The number of rotatable bonds is 6. The number of hydrazone groups is 1. The summed E-state index contributed by atoms with van der Waals surface area (Å²) >= 11 is 0. The van der Waals surface area contributed by atoms with Gasteiger partial charge in [0.1, 0.15) is 11.5 Å². The standard InChI is InChI=1S/C19H22F3N3O5S/c1-2-8-30-16-5-3-12(19(20,21)22)10-15(16)23-18(27)14-4-6-17(26)25(24-14)13-7-9-31(28,29)11-13/h3,5,10,13H,2,4,6-9,11H2,1H3,(H,23,27)/t13-/m0/s1. The maximum atomic E-state index is 13.1. The van der Waals surface area contributed by atoms with Crippen molar-refractivity contribution in [2.75, 3.05) is 23.4 Å². The van der Waals surface area contributed by atoms with Crippen LogP contribution in [0, 0.1) is 0 Å². The van der Waals surface area contributed by atoms with Gasteiger partial charge in [-0.05, 0) is 31.0 Å². The number of amides is 2. The lowest BCUT2D eigenvalue weighted by Gasteiger charge is -2.27. The summed E-state index contributed by atoms with van der Waals surface area (Å²) < 4.78 is 68.2. The molecule has 8 nitrogen and oxygen atoms in total. The fourth-order valence-electron chi connectivity index (χ4n) is 3.32. The summed E-state index contributed by atoms with van der Waals surface area (Å²) in [6, 6.07) is 2.12. The predicted molar refractivity (Wildman–Crippen MR) is 106 cm³/mol. The number of carbonyl (C=O) groups is 2. The molecule has 0 spiro atoms. The van der Waals surface area contributed by atoms with E-state index in [2.05, 4.69) is 10.4 Å². The average molecular weight is 461 g/mol. The Kier molecular flexibility index (Phi) is 6.58. The zero-order valence-corrected chi connectivity index (χ0v) is 17.6. The van der Waals surface area contributed by atoms with Crippen LogP contribution in [0.15, 0.2) is 23.3 Å². The van der Waals surface area contributed by atoms with Crippen molar-refractivity contribution in [1.82, 2.24) is 5.01 Å². The van der Waals surface area contributed by atoms with Crippen LogP contribution in [-0.2, 0) is 25.6 Å². The molecule has 2 aliphatic heterocycles. The van der Waals surface area contributed by atoms with E-state index in [0.29, 0.717) is 6.42 Å². The van der Waals surface area contributed by atoms with Crippen molar-refractivity contribution < 1.29 is 35.9 Å². The Hall–Kier alpha value is -2.63. The molecule has 0 aliphatic carbocycles. The third-order valence-electron chi connectivity index (χ3n) is 4.89. The van der Waals surface area contributed by atoms with Crippen LogP contribution in [0.5, 0.6) is 5.75 Å². The third kappa shape index (κ3) is 5.54. The van der Waals surface area contributed by atoms with Crippen LogP contribution in [0.1, 0.15) is 38.2 Å². The number of nitrogens with zero attached hydrogens (tertiary/aromatic N) is 2. The highest BCUT2D eigenvalue weighted by Gasteiger charge is 2.37. The lowest BCUT2D eigenvalue weighted by Crippen LogP contribution is -2.42. The van der Waals surface area contributed by atoms with Gasteiger partial charge in [-0.2, -0.15) is 18.3 Å². The van der Waals surface area contributed by atoms with Crippen LogP contribution < -0.4 is 10.1 Å². The first-order valence-electron chi connectivity index (χ1n) is 9.75. The van der Waals surface area contributed by atoms with E-state index in [1.807, 2.05) is 6.92 Å². The van der Waals surface area contributed by atoms with Gasteiger partial charge < -0.3 is 10.1 Å². The van der Waals surface area contributed by atoms with Crippen LogP contribution in [0.25, 0.3) is 0 Å². The van der Waals surface area contributed by atoms with E-state index in [0.717, 1.165) is 23.2 Å². The number of hydrogen-bond acceptors (Lipinski definition) is 6. The van der Waals surface area contributed by atoms with Crippen LogP contribution in [-0.4, -0.2) is 55.1 Å². The zero-order chi connectivity index (χ0) is 22.8. The lowest BCUT2D eigenvalue weighted by molar-refractivity contribution is -0.137. The minimum absolute atomic E-state index is 0.00918. The molecule has 2 aliphatic rings. The van der Waals surface area contributed by atoms with Crippen LogP contribution in [0.3, 0.4) is 0 Å². The van der Waals surface area contributed by atoms with E-state index in [1.165, 1.54) is 0 Å². The maximum Gasteiger partial charge on any atom is 0.416 e. The molecule has 0 saturated carbocycles. The van der Waals surface area contributed by atoms with Gasteiger partial charge in [0.2, 0.25) is 5.91 Å². The molecule has 2 heterocycles. The summed E-state index contributed by atoms with van der Waals surface area (Å²) in [5.41, 5.74) is -1.18. The number of halogens is 3. The van der Waals surface area contributed by atoms with E-state index in [9.17, 15) is 31.2 Å². The fraction of sp³-hybridized carbons (Fsp3) is 0.526. The van der Waals surface area contributed by atoms with Crippen molar-refractivity contribution in [2.45, 2.75) is 44.8 Å². The molecule has 1 atom stereocenters. The molecular formula is C19H22F3N3O5S. The minimum Gasteiger partial charge on any atom is -0.491 e. The highest BCUT2D eigenvalue weighted by molar-refractivity contribution is 7.91. The molecular weight excluding hydrogens is 439 g/mol. The van der Waals surface area contributed by atoms with E-state index < -0.39 is 39.4 Å². The molecule has 1 saturated heterocycles. The van der Waals surface area contributed by atoms with Gasteiger partial charge in [0.15, 0.2) is 9.84 Å². The van der Waals surface area contributed by atoms with E-state index in [1.54, 1.807) is 0 Å². The first-order chi connectivity index (χ1) is 14.5. The number of benzene rings is 1. The van der Waals surface area contributed by atoms with Crippen molar-refractivity contribution in [3.63, 3.8) is 0 Å². The van der Waals surface area contributed by atoms with Gasteiger partial charge in [0.05, 0.1) is 35.4 Å². The summed E-state index contributed by atoms with van der Waals surface area (Å²) in [7, 11) is -3.27. The minimum atomic E-state index is -4.61. The average Bonchev–Trinajstić information content (AvgIpc) is 3.06. The summed E-state index contributed by atoms with van der Waals surface area (Å²) in [5, 5.41) is 7.44. The second-order valence-electron chi connectivity index (χ2n) is 7.35. The third-order valence-corrected chi connectivity index (χ3v) is 6.64. The molecule has 170 valence electrons. The Balaban J connectivity index is 1.84. The molecule has 0 bridgehead atoms. The van der Waals surface area contributed by atoms with E-state index in [4.69, 9.17) is 4.74 Å². The molecule has 3 rings (SSSR count). The lowest BCUT2D eigenvalue weighted by atomic mass is 10.1. The van der Waals surface area contributed by atoms with Crippen molar-refractivity contribution >= 4 is 33.1 Å². The molecule has 1 aromatic carbocycles. The van der Waals surface area contributed by atoms with Crippen molar-refractivity contribution in [3.05, 3.63) is 23.8 Å². The van der Waals surface area contributed by atoms with Gasteiger partial charge in [-0.1, -0.05) is 6.92 Å². The molecule has 0 unspecified atom stereocenters. The second-order valence-corrected chi connectivity index (χ2v) is 9.58. The number of alkyl halides is 3. The summed E-state index contributed by atoms with van der Waals surface area (Å²) in [4.78, 5) is 24.9. The molecule has 2 amide bonds. The second kappa shape index (κ2) is 8.85. The molecule has 31 heavy (non-hydrogen) atoms. The Morgan fingerprint density at radius 1 is 1.32 bits per heavy atom. The number of nitrogens with one attached hydrogen (secondary N) is 1. The zero-order valence-electron chi connectivity index (χ0n) is 16.7. The number of ether oxygens (including phenoxy) is 1. The molecule has 1 aromatic rings. The molecule has 0 aromatic heterocycles. The van der Waals surface area contributed by atoms with Crippen LogP contribution in [0.4, 0.5) is 18.9 Å². The van der Waals surface area contributed by atoms with Gasteiger partial charge >= 0.3 is 6.18 Å². The monoisotopic (exact) mass is 461 g/mol. The van der Waals surface area contributed by atoms with Crippen LogP contribution >= 0.6 is 0 Å². The van der Waals surface area contributed by atoms with Gasteiger partial charge in [-0.15, -0.1) is 0 Å². The SMILES string of the molecule is CCCOc1ccc(C(F)(F)F)cc1NC(=O)C1=NN([C@H]2CCS(=O)(=O)C2)C(=O)CC1. The predicted octanol–water partition coefficient (Wildman–Crippen LogP) is 2.60. The quantitative estimate of drug-likeness (QED) is 0.701. The van der Waals surface area contributed by atoms with E-state index >= 15 is 0 Å². The molecule has 0 radical (unpaired) electrons. The first-order valence-corrected chi connectivity index (χ1v) is 11.6. The van der Waals surface area contributed by atoms with Gasteiger partial charge in [0.25, 0.3) is 5.91 Å². The summed E-state index contributed by atoms with van der Waals surface area (Å²) in [6.07, 6.45) is -3.84. The first kappa shape index (κ1) is 23.0. The largest absolute Gasteiger partial charge is 0.491 e. The highest BCUT2D eigenvalue weighted by atomic mass is 32.2. The topological polar surface area (TPSA) is 105 Å². The van der Waals surface area contributed by atoms with Crippen molar-refractivity contribution in [2.24, 2.45) is 5.10 Å². The number of carbonyl (C=O) groups excluding carboxylic acids is 2. The van der Waals surface area contributed by atoms with Gasteiger partial charge in [-0.3, -0.25) is 9.59 Å². The fourth-order valence-corrected chi connectivity index (χ4v) is 5.02. The van der Waals surface area contributed by atoms with Crippen LogP contribution in [0.2, 0.25) is 0 Å². The summed E-state index contributed by atoms with van der Waals surface area (Å²) in [6.45, 7) is 2.07. The molecule has 12 heteroatoms. The number of sulfone groups is 1. The van der Waals surface area contributed by atoms with Crippen molar-refractivity contribution in [3.8, 4) is 5.75 Å². The molecule has 1 N–H and O–H groups in total. The van der Waals surface area contributed by atoms with E-state index in [-0.39, 0.29) is 54.5 Å². The van der Waals surface area contributed by atoms with Gasteiger partial charge in [0, 0.05) is 12.8 Å². The smallest absolute Gasteiger partial charge is 0.416 e. The number of anilines is 1. The Labute approximate surface area is 177 Å². The van der Waals surface area contributed by atoms with Crippen molar-refractivity contribution in [1.29, 1.82) is 0 Å². The van der Waals surface area contributed by atoms with Gasteiger partial charge in [-0.25, -0.2) is 13.4 Å². The Morgan fingerprint density at radius 2 is 2.06 bits per heavy atom.